The summed E-state index contributed by atoms with van der Waals surface area (Å²) in [6.45, 7) is 0. The van der Waals surface area contributed by atoms with Crippen molar-refractivity contribution in [3.05, 3.63) is 78.9 Å². The molecule has 0 fully saturated rings. The lowest BCUT2D eigenvalue weighted by atomic mass is 10.2. The van der Waals surface area contributed by atoms with Gasteiger partial charge in [-0.05, 0) is 48.5 Å². The van der Waals surface area contributed by atoms with Gasteiger partial charge in [-0.3, -0.25) is 4.57 Å². The highest BCUT2D eigenvalue weighted by atomic mass is 32.2. The van der Waals surface area contributed by atoms with E-state index in [4.69, 9.17) is 4.98 Å². The monoisotopic (exact) mass is 348 g/mol. The number of nitrogens with zero attached hydrogens (tertiary/aromatic N) is 2. The molecule has 0 aliphatic rings. The summed E-state index contributed by atoms with van der Waals surface area (Å²) < 4.78 is 25.5. The van der Waals surface area contributed by atoms with Crippen LogP contribution in [0.1, 0.15) is 0 Å². The standard InChI is InChI=1S/C20H16N2O2S/c1-25(23,24)17-13-11-15(12-14-17)20-21-18-9-5-6-10-19(18)22(20)16-7-3-2-4-8-16/h2-14H,1H3. The molecule has 0 bridgehead atoms. The Balaban J connectivity index is 1.96. The van der Waals surface area contributed by atoms with Gasteiger partial charge in [-0.25, -0.2) is 13.4 Å². The Hall–Kier alpha value is -2.92. The molecule has 0 saturated carbocycles. The number of aromatic nitrogens is 2. The van der Waals surface area contributed by atoms with Gasteiger partial charge in [0.15, 0.2) is 9.84 Å². The first kappa shape index (κ1) is 15.6. The molecule has 0 amide bonds. The largest absolute Gasteiger partial charge is 0.292 e. The van der Waals surface area contributed by atoms with Crippen LogP contribution < -0.4 is 0 Å². The van der Waals surface area contributed by atoms with Crippen LogP contribution in [0.3, 0.4) is 0 Å². The Morgan fingerprint density at radius 3 is 2.12 bits per heavy atom. The predicted octanol–water partition coefficient (Wildman–Crippen LogP) is 4.10. The second-order valence-corrected chi connectivity index (χ2v) is 7.91. The van der Waals surface area contributed by atoms with Crippen LogP contribution >= 0.6 is 0 Å². The van der Waals surface area contributed by atoms with Crippen LogP contribution in [0.15, 0.2) is 83.8 Å². The van der Waals surface area contributed by atoms with Gasteiger partial charge < -0.3 is 0 Å². The number of fused-ring (bicyclic) bond motifs is 1. The van der Waals surface area contributed by atoms with Crippen LogP contribution in [0.4, 0.5) is 0 Å². The van der Waals surface area contributed by atoms with Crippen LogP contribution in [0.25, 0.3) is 28.1 Å². The average Bonchev–Trinajstić information content (AvgIpc) is 3.01. The zero-order valence-corrected chi connectivity index (χ0v) is 14.4. The van der Waals surface area contributed by atoms with Gasteiger partial charge in [-0.1, -0.05) is 30.3 Å². The third kappa shape index (κ3) is 2.83. The van der Waals surface area contributed by atoms with Gasteiger partial charge in [0.1, 0.15) is 5.82 Å². The molecule has 5 heteroatoms. The third-order valence-corrected chi connectivity index (χ3v) is 5.24. The highest BCUT2D eigenvalue weighted by Gasteiger charge is 2.15. The van der Waals surface area contributed by atoms with Crippen molar-refractivity contribution in [1.82, 2.24) is 9.55 Å². The minimum Gasteiger partial charge on any atom is -0.292 e. The molecule has 0 aliphatic heterocycles. The quantitative estimate of drug-likeness (QED) is 0.560. The van der Waals surface area contributed by atoms with Crippen molar-refractivity contribution < 1.29 is 8.42 Å². The van der Waals surface area contributed by atoms with Gasteiger partial charge >= 0.3 is 0 Å². The highest BCUT2D eigenvalue weighted by molar-refractivity contribution is 7.90. The first-order valence-corrected chi connectivity index (χ1v) is 9.76. The van der Waals surface area contributed by atoms with Crippen molar-refractivity contribution in [2.24, 2.45) is 0 Å². The lowest BCUT2D eigenvalue weighted by Gasteiger charge is -2.09. The number of benzene rings is 3. The van der Waals surface area contributed by atoms with Crippen LogP contribution in [0, 0.1) is 0 Å². The predicted molar refractivity (Wildman–Crippen MR) is 99.6 cm³/mol. The molecule has 124 valence electrons. The number of hydrogen-bond acceptors (Lipinski definition) is 3. The first-order chi connectivity index (χ1) is 12.0. The molecule has 4 rings (SSSR count). The number of sulfone groups is 1. The van der Waals surface area contributed by atoms with Gasteiger partial charge in [0.05, 0.1) is 15.9 Å². The van der Waals surface area contributed by atoms with Gasteiger partial charge in [0.25, 0.3) is 0 Å². The third-order valence-electron chi connectivity index (χ3n) is 4.12. The van der Waals surface area contributed by atoms with E-state index >= 15 is 0 Å². The number of para-hydroxylation sites is 3. The molecule has 0 saturated heterocycles. The fraction of sp³-hybridized carbons (Fsp3) is 0.0500. The molecule has 1 heterocycles. The van der Waals surface area contributed by atoms with Crippen LogP contribution in [-0.2, 0) is 9.84 Å². The van der Waals surface area contributed by atoms with E-state index in [-0.39, 0.29) is 0 Å². The van der Waals surface area contributed by atoms with Gasteiger partial charge in [-0.2, -0.15) is 0 Å². The molecule has 0 aliphatic carbocycles. The summed E-state index contributed by atoms with van der Waals surface area (Å²) in [5.74, 6) is 0.785. The van der Waals surface area contributed by atoms with Crippen molar-refractivity contribution in [2.45, 2.75) is 4.90 Å². The SMILES string of the molecule is CS(=O)(=O)c1ccc(-c2nc3ccccc3n2-c2ccccc2)cc1. The molecule has 0 unspecified atom stereocenters. The Morgan fingerprint density at radius 2 is 1.44 bits per heavy atom. The van der Waals surface area contributed by atoms with E-state index in [0.29, 0.717) is 4.90 Å². The fourth-order valence-electron chi connectivity index (χ4n) is 2.91. The Bertz CT molecular complexity index is 1150. The Kier molecular flexibility index (Phi) is 3.66. The molecule has 0 atom stereocenters. The molecular formula is C20H16N2O2S. The van der Waals surface area contributed by atoms with E-state index in [2.05, 4.69) is 4.57 Å². The summed E-state index contributed by atoms with van der Waals surface area (Å²) in [7, 11) is -3.22. The van der Waals surface area contributed by atoms with Crippen molar-refractivity contribution >= 4 is 20.9 Å². The second kappa shape index (κ2) is 5.86. The van der Waals surface area contributed by atoms with Gasteiger partial charge in [-0.15, -0.1) is 0 Å². The maximum atomic E-state index is 11.7. The normalized spacial score (nSPS) is 11.7. The van der Waals surface area contributed by atoms with E-state index in [1.807, 2.05) is 54.6 Å². The molecule has 3 aromatic carbocycles. The minimum absolute atomic E-state index is 0.304. The van der Waals surface area contributed by atoms with E-state index in [0.717, 1.165) is 28.1 Å². The molecular weight excluding hydrogens is 332 g/mol. The fourth-order valence-corrected chi connectivity index (χ4v) is 3.54. The number of rotatable bonds is 3. The smallest absolute Gasteiger partial charge is 0.175 e. The second-order valence-electron chi connectivity index (χ2n) is 5.89. The molecule has 0 radical (unpaired) electrons. The summed E-state index contributed by atoms with van der Waals surface area (Å²) in [5.41, 5.74) is 3.79. The van der Waals surface area contributed by atoms with Crippen LogP contribution in [0.5, 0.6) is 0 Å². The lowest BCUT2D eigenvalue weighted by Crippen LogP contribution is -1.99. The Morgan fingerprint density at radius 1 is 0.800 bits per heavy atom. The molecule has 25 heavy (non-hydrogen) atoms. The van der Waals surface area contributed by atoms with E-state index < -0.39 is 9.84 Å². The van der Waals surface area contributed by atoms with Crippen molar-refractivity contribution in [1.29, 1.82) is 0 Å². The maximum Gasteiger partial charge on any atom is 0.175 e. The molecule has 4 aromatic rings. The summed E-state index contributed by atoms with van der Waals surface area (Å²) in [6.07, 6.45) is 1.21. The highest BCUT2D eigenvalue weighted by Crippen LogP contribution is 2.29. The first-order valence-electron chi connectivity index (χ1n) is 7.87. The molecule has 4 nitrogen and oxygen atoms in total. The van der Waals surface area contributed by atoms with Crippen LogP contribution in [-0.4, -0.2) is 24.2 Å². The van der Waals surface area contributed by atoms with Gasteiger partial charge in [0.2, 0.25) is 0 Å². The van der Waals surface area contributed by atoms with Gasteiger partial charge in [0, 0.05) is 17.5 Å². The molecule has 0 N–H and O–H groups in total. The zero-order valence-electron chi connectivity index (χ0n) is 13.6. The maximum absolute atomic E-state index is 11.7. The van der Waals surface area contributed by atoms with Crippen molar-refractivity contribution in [3.63, 3.8) is 0 Å². The minimum atomic E-state index is -3.22. The van der Waals surface area contributed by atoms with Crippen molar-refractivity contribution in [2.75, 3.05) is 6.26 Å². The summed E-state index contributed by atoms with van der Waals surface area (Å²) in [4.78, 5) is 5.07. The Labute approximate surface area is 146 Å². The van der Waals surface area contributed by atoms with E-state index in [9.17, 15) is 8.42 Å². The molecule has 1 aromatic heterocycles. The van der Waals surface area contributed by atoms with E-state index in [1.165, 1.54) is 6.26 Å². The number of imidazole rings is 1. The molecule has 0 spiro atoms. The zero-order chi connectivity index (χ0) is 17.4. The van der Waals surface area contributed by atoms with Crippen molar-refractivity contribution in [3.8, 4) is 17.1 Å². The topological polar surface area (TPSA) is 52.0 Å². The number of hydrogen-bond donors (Lipinski definition) is 0. The van der Waals surface area contributed by atoms with Crippen LogP contribution in [0.2, 0.25) is 0 Å². The summed E-state index contributed by atoms with van der Waals surface area (Å²) >= 11 is 0. The summed E-state index contributed by atoms with van der Waals surface area (Å²) in [6, 6.07) is 24.8. The average molecular weight is 348 g/mol. The summed E-state index contributed by atoms with van der Waals surface area (Å²) in [5, 5.41) is 0. The lowest BCUT2D eigenvalue weighted by molar-refractivity contribution is 0.602. The van der Waals surface area contributed by atoms with E-state index in [1.54, 1.807) is 24.3 Å².